The maximum Gasteiger partial charge on any atom is 0.407 e. The van der Waals surface area contributed by atoms with Crippen molar-refractivity contribution in [2.24, 2.45) is 12.0 Å². The van der Waals surface area contributed by atoms with E-state index in [-0.39, 0.29) is 24.0 Å². The van der Waals surface area contributed by atoms with Gasteiger partial charge in [-0.25, -0.2) is 9.79 Å². The predicted molar refractivity (Wildman–Crippen MR) is 126 cm³/mol. The lowest BCUT2D eigenvalue weighted by Crippen LogP contribution is -2.43. The normalized spacial score (nSPS) is 11.6. The first-order valence-corrected chi connectivity index (χ1v) is 10.4. The number of carbonyl (C=O) groups is 1. The van der Waals surface area contributed by atoms with Gasteiger partial charge < -0.3 is 25.3 Å². The number of carbonyl (C=O) groups excluding carboxylic acids is 1. The van der Waals surface area contributed by atoms with Crippen molar-refractivity contribution in [1.29, 1.82) is 0 Å². The van der Waals surface area contributed by atoms with Crippen LogP contribution in [0, 0.1) is 6.92 Å². The number of guanidine groups is 1. The second-order valence-corrected chi connectivity index (χ2v) is 8.00. The lowest BCUT2D eigenvalue weighted by Gasteiger charge is -2.20. The van der Waals surface area contributed by atoms with Crippen LogP contribution in [0.2, 0.25) is 0 Å². The standard InChI is InChI=1S/C17H33N7O2S.HI/c1-13-22-23-14(24(13)5)12-21-15(18-8-7-11-27-6)19-9-10-20-16(25)26-17(2,3)4;/h7-12H2,1-6H3,(H,20,25)(H2,18,19,21);1H. The number of rotatable bonds is 9. The molecular formula is C17H34IN7O2S. The number of hydrogen-bond donors (Lipinski definition) is 3. The minimum Gasteiger partial charge on any atom is -0.444 e. The molecule has 1 rings (SSSR count). The maximum absolute atomic E-state index is 11.7. The summed E-state index contributed by atoms with van der Waals surface area (Å²) < 4.78 is 7.13. The Balaban J connectivity index is 0.00000729. The first-order valence-electron chi connectivity index (χ1n) is 9.05. The summed E-state index contributed by atoms with van der Waals surface area (Å²) >= 11 is 1.81. The third-order valence-corrected chi connectivity index (χ3v) is 4.16. The number of thioether (sulfide) groups is 1. The Morgan fingerprint density at radius 2 is 1.82 bits per heavy atom. The molecule has 0 radical (unpaired) electrons. The van der Waals surface area contributed by atoms with Crippen LogP contribution in [-0.2, 0) is 18.3 Å². The third-order valence-electron chi connectivity index (χ3n) is 3.46. The number of hydrogen-bond acceptors (Lipinski definition) is 6. The molecule has 1 aromatic rings. The molecule has 28 heavy (non-hydrogen) atoms. The fourth-order valence-corrected chi connectivity index (χ4v) is 2.43. The monoisotopic (exact) mass is 527 g/mol. The molecule has 0 fully saturated rings. The number of nitrogens with zero attached hydrogens (tertiary/aromatic N) is 4. The summed E-state index contributed by atoms with van der Waals surface area (Å²) in [5.74, 6) is 3.42. The van der Waals surface area contributed by atoms with Crippen LogP contribution in [0.5, 0.6) is 0 Å². The number of aromatic nitrogens is 3. The minimum atomic E-state index is -0.503. The van der Waals surface area contributed by atoms with Crippen LogP contribution >= 0.6 is 35.7 Å². The number of halogens is 1. The summed E-state index contributed by atoms with van der Waals surface area (Å²) in [4.78, 5) is 16.2. The highest BCUT2D eigenvalue weighted by atomic mass is 127. The third kappa shape index (κ3) is 11.6. The topological polar surface area (TPSA) is 105 Å². The molecule has 0 saturated carbocycles. The smallest absolute Gasteiger partial charge is 0.407 e. The van der Waals surface area contributed by atoms with Gasteiger partial charge in [0.2, 0.25) is 0 Å². The van der Waals surface area contributed by atoms with Gasteiger partial charge in [-0.2, -0.15) is 11.8 Å². The molecule has 0 saturated heterocycles. The van der Waals surface area contributed by atoms with E-state index < -0.39 is 11.7 Å². The fraction of sp³-hybridized carbons (Fsp3) is 0.765. The Hall–Kier alpha value is -1.24. The van der Waals surface area contributed by atoms with E-state index in [0.29, 0.717) is 25.6 Å². The van der Waals surface area contributed by atoms with Gasteiger partial charge >= 0.3 is 6.09 Å². The molecule has 0 aromatic carbocycles. The Morgan fingerprint density at radius 1 is 1.18 bits per heavy atom. The van der Waals surface area contributed by atoms with Gasteiger partial charge in [-0.1, -0.05) is 0 Å². The summed E-state index contributed by atoms with van der Waals surface area (Å²) in [5, 5.41) is 17.4. The van der Waals surface area contributed by atoms with Gasteiger partial charge in [0.25, 0.3) is 0 Å². The zero-order valence-corrected chi connectivity index (χ0v) is 20.8. The van der Waals surface area contributed by atoms with Crippen molar-refractivity contribution in [1.82, 2.24) is 30.7 Å². The van der Waals surface area contributed by atoms with E-state index in [1.807, 2.05) is 51.1 Å². The van der Waals surface area contributed by atoms with Crippen molar-refractivity contribution in [3.63, 3.8) is 0 Å². The first-order chi connectivity index (χ1) is 12.7. The molecule has 162 valence electrons. The van der Waals surface area contributed by atoms with Gasteiger partial charge in [-0.05, 0) is 46.1 Å². The molecular weight excluding hydrogens is 493 g/mol. The van der Waals surface area contributed by atoms with Crippen LogP contribution in [0.4, 0.5) is 4.79 Å². The van der Waals surface area contributed by atoms with E-state index in [2.05, 4.69) is 37.4 Å². The number of nitrogens with one attached hydrogen (secondary N) is 3. The van der Waals surface area contributed by atoms with Crippen LogP contribution < -0.4 is 16.0 Å². The van der Waals surface area contributed by atoms with Crippen LogP contribution in [0.15, 0.2) is 4.99 Å². The highest BCUT2D eigenvalue weighted by molar-refractivity contribution is 14.0. The zero-order valence-electron chi connectivity index (χ0n) is 17.7. The molecule has 0 spiro atoms. The number of aryl methyl sites for hydroxylation is 1. The Labute approximate surface area is 189 Å². The fourth-order valence-electron chi connectivity index (χ4n) is 2.00. The van der Waals surface area contributed by atoms with Gasteiger partial charge in [0.1, 0.15) is 18.0 Å². The predicted octanol–water partition coefficient (Wildman–Crippen LogP) is 2.05. The number of ether oxygens (including phenoxy) is 1. The summed E-state index contributed by atoms with van der Waals surface area (Å²) in [6.07, 6.45) is 2.71. The second-order valence-electron chi connectivity index (χ2n) is 7.02. The molecule has 0 unspecified atom stereocenters. The summed E-state index contributed by atoms with van der Waals surface area (Å²) in [6, 6.07) is 0. The van der Waals surface area contributed by atoms with Crippen molar-refractivity contribution < 1.29 is 9.53 Å². The summed E-state index contributed by atoms with van der Waals surface area (Å²) in [5.41, 5.74) is -0.503. The molecule has 1 aromatic heterocycles. The van der Waals surface area contributed by atoms with Crippen molar-refractivity contribution in [3.8, 4) is 0 Å². The summed E-state index contributed by atoms with van der Waals surface area (Å²) in [6.45, 7) is 9.63. The first kappa shape index (κ1) is 26.8. The highest BCUT2D eigenvalue weighted by Gasteiger charge is 2.15. The average Bonchev–Trinajstić information content (AvgIpc) is 2.89. The molecule has 1 heterocycles. The quantitative estimate of drug-likeness (QED) is 0.195. The Bertz CT molecular complexity index is 617. The van der Waals surface area contributed by atoms with E-state index in [1.54, 1.807) is 0 Å². The van der Waals surface area contributed by atoms with Gasteiger partial charge in [0.15, 0.2) is 11.8 Å². The number of alkyl carbamates (subject to hydrolysis) is 1. The Morgan fingerprint density at radius 3 is 2.39 bits per heavy atom. The van der Waals surface area contributed by atoms with E-state index in [0.717, 1.165) is 30.4 Å². The van der Waals surface area contributed by atoms with Crippen LogP contribution in [0.1, 0.15) is 38.8 Å². The van der Waals surface area contributed by atoms with Crippen LogP contribution in [0.3, 0.4) is 0 Å². The molecule has 1 amide bonds. The lowest BCUT2D eigenvalue weighted by molar-refractivity contribution is 0.0529. The molecule has 3 N–H and O–H groups in total. The Kier molecular flexibility index (Phi) is 13.2. The van der Waals surface area contributed by atoms with Gasteiger partial charge in [-0.3, -0.25) is 0 Å². The van der Waals surface area contributed by atoms with Crippen LogP contribution in [-0.4, -0.2) is 64.1 Å². The molecule has 11 heteroatoms. The van der Waals surface area contributed by atoms with E-state index in [4.69, 9.17) is 4.74 Å². The molecule has 0 atom stereocenters. The SMILES string of the molecule is CSCCCNC(=NCc1nnc(C)n1C)NCCNC(=O)OC(C)(C)C.I. The van der Waals surface area contributed by atoms with Crippen LogP contribution in [0.25, 0.3) is 0 Å². The molecule has 0 aliphatic heterocycles. The average molecular weight is 527 g/mol. The van der Waals surface area contributed by atoms with Gasteiger partial charge in [-0.15, -0.1) is 34.2 Å². The van der Waals surface area contributed by atoms with E-state index in [9.17, 15) is 4.79 Å². The maximum atomic E-state index is 11.7. The number of aliphatic imine (C=N–C) groups is 1. The molecule has 9 nitrogen and oxygen atoms in total. The summed E-state index contributed by atoms with van der Waals surface area (Å²) in [7, 11) is 1.92. The molecule has 0 aliphatic carbocycles. The van der Waals surface area contributed by atoms with Crippen molar-refractivity contribution in [3.05, 3.63) is 11.6 Å². The minimum absolute atomic E-state index is 0. The van der Waals surface area contributed by atoms with Gasteiger partial charge in [0.05, 0.1) is 0 Å². The second kappa shape index (κ2) is 13.9. The van der Waals surface area contributed by atoms with E-state index in [1.165, 1.54) is 0 Å². The van der Waals surface area contributed by atoms with Crippen molar-refractivity contribution >= 4 is 47.8 Å². The van der Waals surface area contributed by atoms with Crippen molar-refractivity contribution in [2.75, 3.05) is 31.6 Å². The lowest BCUT2D eigenvalue weighted by atomic mass is 10.2. The van der Waals surface area contributed by atoms with Crippen molar-refractivity contribution in [2.45, 2.75) is 46.3 Å². The number of amides is 1. The zero-order chi connectivity index (χ0) is 20.3. The van der Waals surface area contributed by atoms with E-state index >= 15 is 0 Å². The largest absolute Gasteiger partial charge is 0.444 e. The highest BCUT2D eigenvalue weighted by Crippen LogP contribution is 2.06. The van der Waals surface area contributed by atoms with Gasteiger partial charge in [0, 0.05) is 26.7 Å². The molecule has 0 aliphatic rings. The molecule has 0 bridgehead atoms.